The minimum atomic E-state index is 0.311. The number of rotatable bonds is 2. The Morgan fingerprint density at radius 2 is 1.94 bits per heavy atom. The Balaban J connectivity index is 2.62. The highest BCUT2D eigenvalue weighted by molar-refractivity contribution is 5.58. The summed E-state index contributed by atoms with van der Waals surface area (Å²) in [5.74, 6) is 2.00. The lowest BCUT2D eigenvalue weighted by Gasteiger charge is -2.28. The standard InChI is InChI=1S/C15H20O2/c1-6-16-14-10(3)11(4)15-13(12(14)5)8-7-9(2)17-15/h6,9H,1,7-8H2,2-5H3/t9-/m0/s1. The van der Waals surface area contributed by atoms with Crippen LogP contribution in [-0.4, -0.2) is 6.10 Å². The zero-order chi connectivity index (χ0) is 12.6. The van der Waals surface area contributed by atoms with Crippen molar-refractivity contribution in [1.82, 2.24) is 0 Å². The molecule has 2 nitrogen and oxygen atoms in total. The largest absolute Gasteiger partial charge is 0.490 e. The number of hydrogen-bond acceptors (Lipinski definition) is 2. The third-order valence-electron chi connectivity index (χ3n) is 3.63. The molecule has 17 heavy (non-hydrogen) atoms. The van der Waals surface area contributed by atoms with E-state index in [0.717, 1.165) is 29.9 Å². The fraction of sp³-hybridized carbons (Fsp3) is 0.467. The molecule has 0 aromatic heterocycles. The Morgan fingerprint density at radius 3 is 2.59 bits per heavy atom. The second-order valence-corrected chi connectivity index (χ2v) is 4.76. The van der Waals surface area contributed by atoms with Crippen molar-refractivity contribution in [2.24, 2.45) is 0 Å². The quantitative estimate of drug-likeness (QED) is 0.721. The van der Waals surface area contributed by atoms with Crippen molar-refractivity contribution in [2.75, 3.05) is 0 Å². The summed E-state index contributed by atoms with van der Waals surface area (Å²) in [6, 6.07) is 0. The molecule has 1 aliphatic heterocycles. The number of benzene rings is 1. The lowest BCUT2D eigenvalue weighted by molar-refractivity contribution is 0.190. The first kappa shape index (κ1) is 12.0. The molecule has 1 heterocycles. The van der Waals surface area contributed by atoms with Crippen molar-refractivity contribution >= 4 is 0 Å². The van der Waals surface area contributed by atoms with E-state index in [2.05, 4.69) is 34.3 Å². The van der Waals surface area contributed by atoms with Crippen LogP contribution in [0.1, 0.15) is 35.6 Å². The SMILES string of the molecule is C=COc1c(C)c(C)c2c(c1C)CC[C@H](C)O2. The van der Waals surface area contributed by atoms with Crippen molar-refractivity contribution in [3.05, 3.63) is 35.1 Å². The topological polar surface area (TPSA) is 18.5 Å². The lowest BCUT2D eigenvalue weighted by atomic mass is 9.92. The highest BCUT2D eigenvalue weighted by Gasteiger charge is 2.24. The van der Waals surface area contributed by atoms with Gasteiger partial charge in [-0.3, -0.25) is 0 Å². The van der Waals surface area contributed by atoms with E-state index >= 15 is 0 Å². The van der Waals surface area contributed by atoms with E-state index in [4.69, 9.17) is 9.47 Å². The highest BCUT2D eigenvalue weighted by atomic mass is 16.5. The van der Waals surface area contributed by atoms with Gasteiger partial charge in [0.2, 0.25) is 0 Å². The van der Waals surface area contributed by atoms with Crippen LogP contribution < -0.4 is 9.47 Å². The molecular formula is C15H20O2. The molecule has 0 N–H and O–H groups in total. The van der Waals surface area contributed by atoms with Crippen molar-refractivity contribution in [3.63, 3.8) is 0 Å². The third kappa shape index (κ3) is 1.92. The van der Waals surface area contributed by atoms with E-state index < -0.39 is 0 Å². The predicted molar refractivity (Wildman–Crippen MR) is 69.9 cm³/mol. The summed E-state index contributed by atoms with van der Waals surface area (Å²) in [7, 11) is 0. The third-order valence-corrected chi connectivity index (χ3v) is 3.63. The van der Waals surface area contributed by atoms with Crippen molar-refractivity contribution in [2.45, 2.75) is 46.6 Å². The monoisotopic (exact) mass is 232 g/mol. The first-order valence-corrected chi connectivity index (χ1v) is 6.13. The Labute approximate surface area is 103 Å². The summed E-state index contributed by atoms with van der Waals surface area (Å²) in [6.45, 7) is 12.0. The summed E-state index contributed by atoms with van der Waals surface area (Å²) in [5.41, 5.74) is 4.82. The maximum atomic E-state index is 5.98. The molecule has 1 aliphatic rings. The van der Waals surface area contributed by atoms with Crippen LogP contribution in [0.3, 0.4) is 0 Å². The van der Waals surface area contributed by atoms with Crippen LogP contribution in [0.5, 0.6) is 11.5 Å². The number of fused-ring (bicyclic) bond motifs is 1. The Morgan fingerprint density at radius 1 is 1.24 bits per heavy atom. The second-order valence-electron chi connectivity index (χ2n) is 4.76. The van der Waals surface area contributed by atoms with Crippen LogP contribution in [0.4, 0.5) is 0 Å². The minimum Gasteiger partial charge on any atom is -0.490 e. The zero-order valence-electron chi connectivity index (χ0n) is 11.1. The molecule has 0 unspecified atom stereocenters. The van der Waals surface area contributed by atoms with Gasteiger partial charge >= 0.3 is 0 Å². The van der Waals surface area contributed by atoms with Crippen LogP contribution >= 0.6 is 0 Å². The van der Waals surface area contributed by atoms with Crippen molar-refractivity contribution in [1.29, 1.82) is 0 Å². The summed E-state index contributed by atoms with van der Waals surface area (Å²) >= 11 is 0. The van der Waals surface area contributed by atoms with E-state index in [1.807, 2.05) is 0 Å². The minimum absolute atomic E-state index is 0.311. The summed E-state index contributed by atoms with van der Waals surface area (Å²) in [5, 5.41) is 0. The molecule has 0 bridgehead atoms. The van der Waals surface area contributed by atoms with E-state index in [-0.39, 0.29) is 0 Å². The van der Waals surface area contributed by atoms with Gasteiger partial charge in [-0.05, 0) is 57.2 Å². The average molecular weight is 232 g/mol. The van der Waals surface area contributed by atoms with E-state index in [1.54, 1.807) is 0 Å². The average Bonchev–Trinajstić information content (AvgIpc) is 2.32. The van der Waals surface area contributed by atoms with Gasteiger partial charge in [0.1, 0.15) is 11.5 Å². The maximum absolute atomic E-state index is 5.98. The fourth-order valence-electron chi connectivity index (χ4n) is 2.48. The maximum Gasteiger partial charge on any atom is 0.133 e. The van der Waals surface area contributed by atoms with Gasteiger partial charge in [0.25, 0.3) is 0 Å². The number of ether oxygens (including phenoxy) is 2. The Hall–Kier alpha value is -1.44. The fourth-order valence-corrected chi connectivity index (χ4v) is 2.48. The molecule has 92 valence electrons. The van der Waals surface area contributed by atoms with Crippen LogP contribution in [0.2, 0.25) is 0 Å². The first-order chi connectivity index (χ1) is 8.06. The van der Waals surface area contributed by atoms with Crippen LogP contribution in [0, 0.1) is 20.8 Å². The van der Waals surface area contributed by atoms with Gasteiger partial charge in [-0.25, -0.2) is 0 Å². The zero-order valence-corrected chi connectivity index (χ0v) is 11.1. The molecular weight excluding hydrogens is 212 g/mol. The normalized spacial score (nSPS) is 18.2. The van der Waals surface area contributed by atoms with Gasteiger partial charge in [-0.1, -0.05) is 6.58 Å². The molecule has 2 heteroatoms. The summed E-state index contributed by atoms with van der Waals surface area (Å²) < 4.78 is 11.5. The molecule has 0 fully saturated rings. The molecule has 0 amide bonds. The van der Waals surface area contributed by atoms with Gasteiger partial charge in [-0.2, -0.15) is 0 Å². The lowest BCUT2D eigenvalue weighted by Crippen LogP contribution is -2.21. The van der Waals surface area contributed by atoms with E-state index in [9.17, 15) is 0 Å². The second kappa shape index (κ2) is 4.44. The molecule has 0 saturated carbocycles. The molecule has 1 atom stereocenters. The number of hydrogen-bond donors (Lipinski definition) is 0. The smallest absolute Gasteiger partial charge is 0.133 e. The molecule has 0 radical (unpaired) electrons. The summed E-state index contributed by atoms with van der Waals surface area (Å²) in [6.07, 6.45) is 3.94. The van der Waals surface area contributed by atoms with Gasteiger partial charge in [0, 0.05) is 5.56 Å². The molecule has 1 aromatic rings. The highest BCUT2D eigenvalue weighted by Crippen LogP contribution is 2.41. The van der Waals surface area contributed by atoms with E-state index in [1.165, 1.54) is 23.0 Å². The Kier molecular flexibility index (Phi) is 3.14. The predicted octanol–water partition coefficient (Wildman–Crippen LogP) is 3.85. The molecule has 2 rings (SSSR count). The van der Waals surface area contributed by atoms with Crippen LogP contribution in [0.25, 0.3) is 0 Å². The van der Waals surface area contributed by atoms with Gasteiger partial charge in [-0.15, -0.1) is 0 Å². The van der Waals surface area contributed by atoms with Crippen LogP contribution in [0.15, 0.2) is 12.8 Å². The van der Waals surface area contributed by atoms with Gasteiger partial charge in [0.05, 0.1) is 12.4 Å². The molecule has 1 aromatic carbocycles. The molecule has 0 spiro atoms. The van der Waals surface area contributed by atoms with Crippen molar-refractivity contribution < 1.29 is 9.47 Å². The first-order valence-electron chi connectivity index (χ1n) is 6.13. The Bertz CT molecular complexity index is 461. The summed E-state index contributed by atoms with van der Waals surface area (Å²) in [4.78, 5) is 0. The van der Waals surface area contributed by atoms with Gasteiger partial charge in [0.15, 0.2) is 0 Å². The molecule has 0 saturated heterocycles. The van der Waals surface area contributed by atoms with E-state index in [0.29, 0.717) is 6.10 Å². The van der Waals surface area contributed by atoms with Crippen molar-refractivity contribution in [3.8, 4) is 11.5 Å². The van der Waals surface area contributed by atoms with Gasteiger partial charge < -0.3 is 9.47 Å². The molecule has 0 aliphatic carbocycles. The van der Waals surface area contributed by atoms with Crippen LogP contribution in [-0.2, 0) is 6.42 Å².